The first-order chi connectivity index (χ1) is 16.1. The molecule has 0 saturated carbocycles. The molecule has 0 radical (unpaired) electrons. The van der Waals surface area contributed by atoms with E-state index in [4.69, 9.17) is 0 Å². The van der Waals surface area contributed by atoms with Gasteiger partial charge < -0.3 is 9.80 Å². The van der Waals surface area contributed by atoms with E-state index < -0.39 is 0 Å². The van der Waals surface area contributed by atoms with Gasteiger partial charge in [-0.2, -0.15) is 0 Å². The van der Waals surface area contributed by atoms with Crippen molar-refractivity contribution in [3.05, 3.63) is 65.2 Å². The van der Waals surface area contributed by atoms with Crippen LogP contribution in [0.3, 0.4) is 0 Å². The smallest absolute Gasteiger partial charge is 0.265 e. The first-order valence-corrected chi connectivity index (χ1v) is 12.2. The third kappa shape index (κ3) is 5.45. The number of rotatable bonds is 7. The minimum atomic E-state index is -0.161. The topological polar surface area (TPSA) is 79.3 Å². The minimum absolute atomic E-state index is 0.0301. The average molecular weight is 464 g/mol. The molecular formula is C25H29N5O2S. The number of likely N-dealkylation sites (N-methyl/N-ethyl adjacent to an activating group) is 1. The fourth-order valence-corrected chi connectivity index (χ4v) is 5.23. The van der Waals surface area contributed by atoms with Crippen molar-refractivity contribution in [2.75, 3.05) is 26.2 Å². The maximum absolute atomic E-state index is 13.3. The fraction of sp³-hybridized carbons (Fsp3) is 0.400. The summed E-state index contributed by atoms with van der Waals surface area (Å²) in [6.45, 7) is 6.35. The number of piperidine rings is 1. The molecule has 0 spiro atoms. The van der Waals surface area contributed by atoms with Crippen molar-refractivity contribution in [1.29, 1.82) is 0 Å². The van der Waals surface area contributed by atoms with Crippen LogP contribution in [0, 0.1) is 12.8 Å². The lowest BCUT2D eigenvalue weighted by Gasteiger charge is -2.34. The molecule has 172 valence electrons. The molecule has 1 unspecified atom stereocenters. The first-order valence-electron chi connectivity index (χ1n) is 11.4. The van der Waals surface area contributed by atoms with E-state index in [0.29, 0.717) is 31.1 Å². The van der Waals surface area contributed by atoms with Gasteiger partial charge >= 0.3 is 0 Å². The summed E-state index contributed by atoms with van der Waals surface area (Å²) in [7, 11) is 0. The summed E-state index contributed by atoms with van der Waals surface area (Å²) < 4.78 is 0. The Labute approximate surface area is 198 Å². The summed E-state index contributed by atoms with van der Waals surface area (Å²) in [6, 6.07) is 7.77. The summed E-state index contributed by atoms with van der Waals surface area (Å²) >= 11 is 1.40. The Bertz CT molecular complexity index is 1090. The van der Waals surface area contributed by atoms with Gasteiger partial charge in [-0.3, -0.25) is 19.6 Å². The number of hydrogen-bond donors (Lipinski definition) is 0. The van der Waals surface area contributed by atoms with Gasteiger partial charge in [0, 0.05) is 56.5 Å². The number of carbonyl (C=O) groups is 2. The fourth-order valence-electron chi connectivity index (χ4n) is 4.21. The molecule has 1 aliphatic heterocycles. The Hall–Kier alpha value is -3.13. The van der Waals surface area contributed by atoms with E-state index in [-0.39, 0.29) is 17.7 Å². The molecule has 3 aromatic rings. The molecule has 1 saturated heterocycles. The van der Waals surface area contributed by atoms with E-state index in [1.54, 1.807) is 24.8 Å². The first kappa shape index (κ1) is 23.0. The zero-order valence-electron chi connectivity index (χ0n) is 19.1. The molecule has 1 fully saturated rings. The number of carbonyl (C=O) groups excluding carboxylic acids is 2. The number of hydrogen-bond acceptors (Lipinski definition) is 6. The Morgan fingerprint density at radius 3 is 2.73 bits per heavy atom. The molecule has 0 bridgehead atoms. The second-order valence-electron chi connectivity index (χ2n) is 8.29. The Morgan fingerprint density at radius 1 is 1.18 bits per heavy atom. The van der Waals surface area contributed by atoms with Crippen LogP contribution >= 0.6 is 11.3 Å². The zero-order chi connectivity index (χ0) is 23.2. The van der Waals surface area contributed by atoms with Crippen LogP contribution in [0.15, 0.2) is 49.1 Å². The maximum Gasteiger partial charge on any atom is 0.265 e. The Balaban J connectivity index is 1.42. The number of aromatic nitrogens is 3. The van der Waals surface area contributed by atoms with Gasteiger partial charge in [-0.15, -0.1) is 11.3 Å². The van der Waals surface area contributed by atoms with E-state index in [1.165, 1.54) is 16.9 Å². The van der Waals surface area contributed by atoms with E-state index >= 15 is 0 Å². The van der Waals surface area contributed by atoms with Crippen molar-refractivity contribution in [1.82, 2.24) is 24.8 Å². The molecule has 0 aliphatic carbocycles. The standard InChI is InChI=1S/C25H29N5O2S/c1-3-29(15-10-19-8-12-26-13-9-19)24(31)21-7-5-14-30(17-21)25(32)22-18(2)28-23(33-22)20-6-4-11-27-16-20/h4,6,8-9,11-13,16,21H,3,5,7,10,14-15,17H2,1-2H3. The average Bonchev–Trinajstić information content (AvgIpc) is 3.26. The predicted molar refractivity (Wildman–Crippen MR) is 129 cm³/mol. The molecule has 1 aliphatic rings. The molecule has 0 N–H and O–H groups in total. The molecule has 4 heterocycles. The lowest BCUT2D eigenvalue weighted by atomic mass is 9.96. The van der Waals surface area contributed by atoms with Crippen LogP contribution in [0.2, 0.25) is 0 Å². The minimum Gasteiger partial charge on any atom is -0.342 e. The summed E-state index contributed by atoms with van der Waals surface area (Å²) in [4.78, 5) is 43.8. The number of thiazole rings is 1. The normalized spacial score (nSPS) is 15.9. The van der Waals surface area contributed by atoms with Gasteiger partial charge in [0.25, 0.3) is 5.91 Å². The highest BCUT2D eigenvalue weighted by Crippen LogP contribution is 2.30. The number of nitrogens with zero attached hydrogens (tertiary/aromatic N) is 5. The molecule has 4 rings (SSSR count). The van der Waals surface area contributed by atoms with Crippen molar-refractivity contribution in [2.45, 2.75) is 33.1 Å². The van der Waals surface area contributed by atoms with Gasteiger partial charge in [0.1, 0.15) is 9.88 Å². The quantitative estimate of drug-likeness (QED) is 0.532. The molecular weight excluding hydrogens is 434 g/mol. The molecule has 0 aromatic carbocycles. The van der Waals surface area contributed by atoms with E-state index in [9.17, 15) is 9.59 Å². The zero-order valence-corrected chi connectivity index (χ0v) is 19.9. The number of likely N-dealkylation sites (tertiary alicyclic amines) is 1. The highest BCUT2D eigenvalue weighted by Gasteiger charge is 2.32. The number of pyridine rings is 2. The Kier molecular flexibility index (Phi) is 7.44. The number of amides is 2. The van der Waals surface area contributed by atoms with Crippen molar-refractivity contribution in [2.24, 2.45) is 5.92 Å². The number of aryl methyl sites for hydroxylation is 1. The van der Waals surface area contributed by atoms with Crippen LogP contribution < -0.4 is 0 Å². The molecule has 7 nitrogen and oxygen atoms in total. The molecule has 8 heteroatoms. The SMILES string of the molecule is CCN(CCc1ccncc1)C(=O)C1CCCN(C(=O)c2sc(-c3cccnc3)nc2C)C1. The monoisotopic (exact) mass is 463 g/mol. The lowest BCUT2D eigenvalue weighted by Crippen LogP contribution is -2.47. The van der Waals surface area contributed by atoms with E-state index in [1.807, 2.05) is 47.9 Å². The molecule has 3 aromatic heterocycles. The van der Waals surface area contributed by atoms with Gasteiger partial charge in [0.2, 0.25) is 5.91 Å². The van der Waals surface area contributed by atoms with E-state index in [0.717, 1.165) is 35.5 Å². The van der Waals surface area contributed by atoms with E-state index in [2.05, 4.69) is 15.0 Å². The largest absolute Gasteiger partial charge is 0.342 e. The predicted octanol–water partition coefficient (Wildman–Crippen LogP) is 3.85. The van der Waals surface area contributed by atoms with Gasteiger partial charge in [0.15, 0.2) is 0 Å². The van der Waals surface area contributed by atoms with Gasteiger partial charge in [0.05, 0.1) is 11.6 Å². The summed E-state index contributed by atoms with van der Waals surface area (Å²) in [5.41, 5.74) is 2.80. The molecule has 33 heavy (non-hydrogen) atoms. The summed E-state index contributed by atoms with van der Waals surface area (Å²) in [6.07, 6.45) is 9.48. The van der Waals surface area contributed by atoms with Crippen LogP contribution in [0.1, 0.15) is 40.7 Å². The second-order valence-corrected chi connectivity index (χ2v) is 9.29. The molecule has 2 amide bonds. The third-order valence-corrected chi connectivity index (χ3v) is 7.26. The van der Waals surface area contributed by atoms with Crippen LogP contribution in [0.25, 0.3) is 10.6 Å². The second kappa shape index (κ2) is 10.7. The summed E-state index contributed by atoms with van der Waals surface area (Å²) in [5.74, 6) is -0.0512. The molecule has 1 atom stereocenters. The van der Waals surface area contributed by atoms with Crippen LogP contribution in [-0.4, -0.2) is 62.7 Å². The van der Waals surface area contributed by atoms with Crippen molar-refractivity contribution in [3.8, 4) is 10.6 Å². The van der Waals surface area contributed by atoms with Crippen molar-refractivity contribution >= 4 is 23.2 Å². The Morgan fingerprint density at radius 2 is 2.00 bits per heavy atom. The highest BCUT2D eigenvalue weighted by molar-refractivity contribution is 7.17. The summed E-state index contributed by atoms with van der Waals surface area (Å²) in [5, 5.41) is 0.793. The van der Waals surface area contributed by atoms with Crippen LogP contribution in [0.4, 0.5) is 0 Å². The van der Waals surface area contributed by atoms with Crippen LogP contribution in [-0.2, 0) is 11.2 Å². The lowest BCUT2D eigenvalue weighted by molar-refractivity contribution is -0.136. The van der Waals surface area contributed by atoms with Crippen molar-refractivity contribution < 1.29 is 9.59 Å². The van der Waals surface area contributed by atoms with Gasteiger partial charge in [-0.05, 0) is 62.9 Å². The highest BCUT2D eigenvalue weighted by atomic mass is 32.1. The third-order valence-electron chi connectivity index (χ3n) is 6.07. The van der Waals surface area contributed by atoms with Gasteiger partial charge in [-0.25, -0.2) is 4.98 Å². The van der Waals surface area contributed by atoms with Crippen molar-refractivity contribution in [3.63, 3.8) is 0 Å². The van der Waals surface area contributed by atoms with Gasteiger partial charge in [-0.1, -0.05) is 0 Å². The van der Waals surface area contributed by atoms with Crippen LogP contribution in [0.5, 0.6) is 0 Å². The maximum atomic E-state index is 13.3.